The molecular formula is C39H60N6O2. The van der Waals surface area contributed by atoms with Crippen molar-refractivity contribution in [2.24, 2.45) is 52.0 Å². The lowest BCUT2D eigenvalue weighted by molar-refractivity contribution is 0.105. The Morgan fingerprint density at radius 3 is 2.85 bits per heavy atom. The van der Waals surface area contributed by atoms with Crippen molar-refractivity contribution in [1.29, 1.82) is 5.41 Å². The van der Waals surface area contributed by atoms with E-state index < -0.39 is 17.8 Å². The summed E-state index contributed by atoms with van der Waals surface area (Å²) in [5.41, 5.74) is 17.5. The summed E-state index contributed by atoms with van der Waals surface area (Å²) in [6.07, 6.45) is 22.9. The molecule has 2 saturated carbocycles. The predicted octanol–water partition coefficient (Wildman–Crippen LogP) is 6.42. The summed E-state index contributed by atoms with van der Waals surface area (Å²) in [7, 11) is 0. The molecule has 0 saturated heterocycles. The first-order valence-corrected chi connectivity index (χ1v) is 18.5. The number of aliphatic hydroxyl groups excluding tert-OH is 1. The number of aromatic amines is 1. The highest BCUT2D eigenvalue weighted by Crippen LogP contribution is 2.55. The molecule has 5 aliphatic rings. The van der Waals surface area contributed by atoms with E-state index >= 15 is 0 Å². The fourth-order valence-corrected chi connectivity index (χ4v) is 9.25. The van der Waals surface area contributed by atoms with E-state index in [0.717, 1.165) is 80.6 Å². The summed E-state index contributed by atoms with van der Waals surface area (Å²) in [4.78, 5) is 8.12. The summed E-state index contributed by atoms with van der Waals surface area (Å²) in [5.74, 6) is 3.85. The van der Waals surface area contributed by atoms with Crippen LogP contribution in [0.4, 0.5) is 0 Å². The number of ether oxygens (including phenoxy) is 1. The highest BCUT2D eigenvalue weighted by molar-refractivity contribution is 5.95. The molecule has 0 amide bonds. The molecule has 1 aromatic rings. The van der Waals surface area contributed by atoms with Gasteiger partial charge in [-0.05, 0) is 113 Å². The molecule has 47 heavy (non-hydrogen) atoms. The zero-order chi connectivity index (χ0) is 33.3. The number of nitrogens with two attached hydrogens (primary N) is 2. The predicted molar refractivity (Wildman–Crippen MR) is 192 cm³/mol. The van der Waals surface area contributed by atoms with Gasteiger partial charge in [0, 0.05) is 42.4 Å². The average molecular weight is 645 g/mol. The smallest absolute Gasteiger partial charge is 0.105 e. The number of nitrogens with zero attached hydrogens (tertiary/aromatic N) is 1. The third-order valence-corrected chi connectivity index (χ3v) is 12.5. The molecule has 0 radical (unpaired) electrons. The van der Waals surface area contributed by atoms with Crippen LogP contribution in [0.25, 0.3) is 0 Å². The molecule has 0 bridgehead atoms. The van der Waals surface area contributed by atoms with Gasteiger partial charge in [0.25, 0.3) is 0 Å². The lowest BCUT2D eigenvalue weighted by Crippen LogP contribution is -2.50. The van der Waals surface area contributed by atoms with E-state index in [1.807, 2.05) is 13.1 Å². The highest BCUT2D eigenvalue weighted by Gasteiger charge is 2.53. The van der Waals surface area contributed by atoms with Gasteiger partial charge in [-0.15, -0.1) is 0 Å². The summed E-state index contributed by atoms with van der Waals surface area (Å²) in [5, 5.41) is 23.6. The Balaban J connectivity index is 0.976. The van der Waals surface area contributed by atoms with Crippen LogP contribution in [0.1, 0.15) is 115 Å². The average Bonchev–Trinajstić information content (AvgIpc) is 3.33. The van der Waals surface area contributed by atoms with E-state index in [4.69, 9.17) is 21.6 Å². The van der Waals surface area contributed by atoms with E-state index in [1.54, 1.807) is 6.26 Å². The first-order valence-electron chi connectivity index (χ1n) is 18.5. The number of aliphatic hydroxyl groups is 1. The second kappa shape index (κ2) is 14.5. The summed E-state index contributed by atoms with van der Waals surface area (Å²) in [6, 6.07) is 2.17. The van der Waals surface area contributed by atoms with Gasteiger partial charge in [0.05, 0.1) is 23.2 Å². The molecule has 8 heteroatoms. The van der Waals surface area contributed by atoms with Crippen LogP contribution in [-0.4, -0.2) is 53.0 Å². The fourth-order valence-electron chi connectivity index (χ4n) is 9.25. The van der Waals surface area contributed by atoms with Crippen LogP contribution in [0.5, 0.6) is 0 Å². The van der Waals surface area contributed by atoms with Crippen LogP contribution >= 0.6 is 0 Å². The number of nitrogens with one attached hydrogen (secondary N) is 3. The molecule has 0 spiro atoms. The lowest BCUT2D eigenvalue weighted by atomic mass is 9.80. The van der Waals surface area contributed by atoms with Crippen molar-refractivity contribution in [3.63, 3.8) is 0 Å². The van der Waals surface area contributed by atoms with Gasteiger partial charge in [0.15, 0.2) is 0 Å². The lowest BCUT2D eigenvalue weighted by Gasteiger charge is -2.30. The normalized spacial score (nSPS) is 34.3. The third kappa shape index (κ3) is 7.71. The van der Waals surface area contributed by atoms with Crippen molar-refractivity contribution in [3.05, 3.63) is 59.2 Å². The zero-order valence-electron chi connectivity index (χ0n) is 29.1. The molecule has 6 rings (SSSR count). The van der Waals surface area contributed by atoms with E-state index in [-0.39, 0.29) is 17.9 Å². The van der Waals surface area contributed by atoms with Crippen LogP contribution in [0, 0.1) is 40.9 Å². The Morgan fingerprint density at radius 1 is 1.28 bits per heavy atom. The maximum Gasteiger partial charge on any atom is 0.105 e. The minimum absolute atomic E-state index is 0.118. The van der Waals surface area contributed by atoms with Gasteiger partial charge >= 0.3 is 0 Å². The molecule has 258 valence electrons. The van der Waals surface area contributed by atoms with Gasteiger partial charge in [-0.3, -0.25) is 10.3 Å². The van der Waals surface area contributed by atoms with Gasteiger partial charge in [-0.25, -0.2) is 0 Å². The van der Waals surface area contributed by atoms with Gasteiger partial charge in [-0.1, -0.05) is 50.5 Å². The number of allylic oxidation sites excluding steroid dienone is 4. The molecule has 2 fully saturated rings. The fraction of sp³-hybridized carbons (Fsp3) is 0.692. The maximum atomic E-state index is 10.8. The molecule has 1 aromatic heterocycles. The number of aliphatic imine (C=N–C) groups is 1. The number of H-pyrrole nitrogens is 1. The first kappa shape index (κ1) is 34.3. The molecule has 8 N–H and O–H groups in total. The standard InChI is InChI=1S/C39H60N6O2/c1-23(10-11-27-12-14-33(37-24(2)29(37)19-27)45-36(46)15-13-26-8-6-5-7-9-26)18-32(40)38(41)39(4,42)35-20-30-31(21-43-22-34(30)44-35)28-16-17-47-25(28)3/h5-6,8,16-17,20,22-25,27-29,31-33,36-37,41,44-46H,7,9-15,18-19,21,40,42H2,1-4H3/t23-,24+,25+,27?,28+,29-,31?,32?,33-,36-,37?,39-/m1/s1. The molecule has 3 aliphatic carbocycles. The van der Waals surface area contributed by atoms with E-state index in [0.29, 0.717) is 23.6 Å². The van der Waals surface area contributed by atoms with Crippen LogP contribution < -0.4 is 16.8 Å². The summed E-state index contributed by atoms with van der Waals surface area (Å²) >= 11 is 0. The van der Waals surface area contributed by atoms with Crippen molar-refractivity contribution >= 4 is 11.9 Å². The number of hydrogen-bond donors (Lipinski definition) is 6. The quantitative estimate of drug-likeness (QED) is 0.102. The van der Waals surface area contributed by atoms with E-state index in [1.165, 1.54) is 30.4 Å². The Kier molecular flexibility index (Phi) is 10.6. The number of aromatic nitrogens is 1. The second-order valence-electron chi connectivity index (χ2n) is 15.9. The molecule has 4 unspecified atom stereocenters. The topological polar surface area (TPSA) is 146 Å². The number of rotatable bonds is 14. The minimum atomic E-state index is -0.988. The van der Waals surface area contributed by atoms with Crippen LogP contribution in [0.3, 0.4) is 0 Å². The molecule has 3 heterocycles. The first-order chi connectivity index (χ1) is 22.5. The molecule has 0 aromatic carbocycles. The largest absolute Gasteiger partial charge is 0.498 e. The Labute approximate surface area is 282 Å². The Hall–Kier alpha value is -2.52. The third-order valence-electron chi connectivity index (χ3n) is 12.5. The Morgan fingerprint density at radius 2 is 2.11 bits per heavy atom. The van der Waals surface area contributed by atoms with Gasteiger partial charge in [-0.2, -0.15) is 0 Å². The second-order valence-corrected chi connectivity index (χ2v) is 15.9. The highest BCUT2D eigenvalue weighted by atomic mass is 16.5. The van der Waals surface area contributed by atoms with E-state index in [2.05, 4.69) is 66.4 Å². The summed E-state index contributed by atoms with van der Waals surface area (Å²) < 4.78 is 5.70. The zero-order valence-corrected chi connectivity index (χ0v) is 29.1. The van der Waals surface area contributed by atoms with Crippen LogP contribution in [-0.2, 0) is 10.3 Å². The molecule has 12 atom stereocenters. The SMILES string of the molecule is C[C@H](CCC1CC[C@@H](N[C@H](O)CCC2=CC=CCC2)C2[C@@H](C)[C@H]2C1)CC(N)C(=N)[C@](C)(N)c1cc2c([nH]1)C=NCC2[C@H]1C=CO[C@H]1C. The van der Waals surface area contributed by atoms with Crippen molar-refractivity contribution in [2.75, 3.05) is 6.54 Å². The van der Waals surface area contributed by atoms with Crippen molar-refractivity contribution in [1.82, 2.24) is 10.3 Å². The van der Waals surface area contributed by atoms with E-state index in [9.17, 15) is 5.11 Å². The Bertz CT molecular complexity index is 1380. The van der Waals surface area contributed by atoms with Crippen molar-refractivity contribution in [2.45, 2.75) is 128 Å². The van der Waals surface area contributed by atoms with Crippen LogP contribution in [0.15, 0.2) is 47.2 Å². The van der Waals surface area contributed by atoms with Gasteiger partial charge in [0.2, 0.25) is 0 Å². The monoisotopic (exact) mass is 644 g/mol. The molecular weight excluding hydrogens is 584 g/mol. The van der Waals surface area contributed by atoms with Crippen LogP contribution in [0.2, 0.25) is 0 Å². The van der Waals surface area contributed by atoms with Gasteiger partial charge in [0.1, 0.15) is 12.3 Å². The van der Waals surface area contributed by atoms with Crippen molar-refractivity contribution < 1.29 is 9.84 Å². The van der Waals surface area contributed by atoms with Gasteiger partial charge < -0.3 is 31.7 Å². The van der Waals surface area contributed by atoms with Crippen molar-refractivity contribution in [3.8, 4) is 0 Å². The minimum Gasteiger partial charge on any atom is -0.498 e. The number of fused-ring (bicyclic) bond motifs is 2. The number of hydrogen-bond acceptors (Lipinski definition) is 7. The summed E-state index contributed by atoms with van der Waals surface area (Å²) in [6.45, 7) is 9.43. The molecule has 8 nitrogen and oxygen atoms in total. The maximum absolute atomic E-state index is 10.8. The molecule has 2 aliphatic heterocycles.